The van der Waals surface area contributed by atoms with Gasteiger partial charge in [-0.3, -0.25) is 0 Å². The first-order chi connectivity index (χ1) is 7.74. The minimum atomic E-state index is 0.687. The summed E-state index contributed by atoms with van der Waals surface area (Å²) in [6.07, 6.45) is 7.51. The second-order valence-electron chi connectivity index (χ2n) is 5.16. The van der Waals surface area contributed by atoms with E-state index in [1.165, 1.54) is 31.2 Å². The van der Waals surface area contributed by atoms with Crippen LogP contribution in [0.2, 0.25) is 0 Å². The van der Waals surface area contributed by atoms with Crippen LogP contribution >= 0.6 is 15.9 Å². The summed E-state index contributed by atoms with van der Waals surface area (Å²) in [7, 11) is 0. The van der Waals surface area contributed by atoms with E-state index in [1.54, 1.807) is 0 Å². The standard InChI is InChI=1S/C13H17BrN2/c1-8-6-11(14)7-15-13(8)16-12(9-2-3-9)10-4-5-10/h6-7,9-10,12H,2-5H2,1H3,(H,15,16). The van der Waals surface area contributed by atoms with Gasteiger partial charge < -0.3 is 5.32 Å². The summed E-state index contributed by atoms with van der Waals surface area (Å²) in [6.45, 7) is 2.12. The Morgan fingerprint density at radius 3 is 2.44 bits per heavy atom. The van der Waals surface area contributed by atoms with Gasteiger partial charge in [0.1, 0.15) is 5.82 Å². The summed E-state index contributed by atoms with van der Waals surface area (Å²) in [6, 6.07) is 2.82. The van der Waals surface area contributed by atoms with Crippen molar-refractivity contribution in [2.75, 3.05) is 5.32 Å². The lowest BCUT2D eigenvalue weighted by Gasteiger charge is -2.19. The largest absolute Gasteiger partial charge is 0.367 e. The van der Waals surface area contributed by atoms with E-state index >= 15 is 0 Å². The molecule has 1 aromatic rings. The smallest absolute Gasteiger partial charge is 0.129 e. The van der Waals surface area contributed by atoms with Crippen LogP contribution in [0.4, 0.5) is 5.82 Å². The fourth-order valence-electron chi connectivity index (χ4n) is 2.38. The molecule has 1 N–H and O–H groups in total. The molecule has 0 atom stereocenters. The molecular weight excluding hydrogens is 264 g/mol. The molecule has 0 bridgehead atoms. The molecule has 0 aliphatic heterocycles. The topological polar surface area (TPSA) is 24.9 Å². The first-order valence-electron chi connectivity index (χ1n) is 6.13. The fraction of sp³-hybridized carbons (Fsp3) is 0.615. The number of anilines is 1. The number of aryl methyl sites for hydroxylation is 1. The molecule has 1 aromatic heterocycles. The van der Waals surface area contributed by atoms with E-state index in [-0.39, 0.29) is 0 Å². The van der Waals surface area contributed by atoms with Gasteiger partial charge in [0.05, 0.1) is 0 Å². The first kappa shape index (κ1) is 10.6. The van der Waals surface area contributed by atoms with Crippen LogP contribution in [0.5, 0.6) is 0 Å². The monoisotopic (exact) mass is 280 g/mol. The van der Waals surface area contributed by atoms with Crippen molar-refractivity contribution >= 4 is 21.7 Å². The maximum absolute atomic E-state index is 4.48. The van der Waals surface area contributed by atoms with E-state index in [9.17, 15) is 0 Å². The van der Waals surface area contributed by atoms with Crippen LogP contribution in [0.15, 0.2) is 16.7 Å². The van der Waals surface area contributed by atoms with Gasteiger partial charge in [0.15, 0.2) is 0 Å². The van der Waals surface area contributed by atoms with Crippen LogP contribution in [-0.2, 0) is 0 Å². The molecule has 2 nitrogen and oxygen atoms in total. The molecule has 86 valence electrons. The Morgan fingerprint density at radius 1 is 1.31 bits per heavy atom. The van der Waals surface area contributed by atoms with Crippen LogP contribution in [0, 0.1) is 18.8 Å². The number of hydrogen-bond donors (Lipinski definition) is 1. The van der Waals surface area contributed by atoms with Crippen LogP contribution in [0.1, 0.15) is 31.2 Å². The van der Waals surface area contributed by atoms with E-state index < -0.39 is 0 Å². The fourth-order valence-corrected chi connectivity index (χ4v) is 2.83. The van der Waals surface area contributed by atoms with Crippen LogP contribution < -0.4 is 5.32 Å². The summed E-state index contributed by atoms with van der Waals surface area (Å²) in [4.78, 5) is 4.48. The molecular formula is C13H17BrN2. The van der Waals surface area contributed by atoms with Crippen molar-refractivity contribution in [3.8, 4) is 0 Å². The van der Waals surface area contributed by atoms with Gasteiger partial charge in [0, 0.05) is 16.7 Å². The van der Waals surface area contributed by atoms with Crippen molar-refractivity contribution in [3.63, 3.8) is 0 Å². The highest BCUT2D eigenvalue weighted by atomic mass is 79.9. The maximum atomic E-state index is 4.48. The van der Waals surface area contributed by atoms with E-state index in [1.807, 2.05) is 6.20 Å². The minimum absolute atomic E-state index is 0.687. The number of halogens is 1. The Balaban J connectivity index is 1.76. The zero-order valence-corrected chi connectivity index (χ0v) is 11.1. The molecule has 2 aliphatic carbocycles. The van der Waals surface area contributed by atoms with Gasteiger partial charge >= 0.3 is 0 Å². The lowest BCUT2D eigenvalue weighted by atomic mass is 10.1. The second-order valence-corrected chi connectivity index (χ2v) is 6.08. The average molecular weight is 281 g/mol. The quantitative estimate of drug-likeness (QED) is 0.909. The number of aromatic nitrogens is 1. The van der Waals surface area contributed by atoms with Crippen LogP contribution in [0.25, 0.3) is 0 Å². The molecule has 2 aliphatic rings. The van der Waals surface area contributed by atoms with Gasteiger partial charge in [-0.2, -0.15) is 0 Å². The van der Waals surface area contributed by atoms with E-state index in [4.69, 9.17) is 0 Å². The van der Waals surface area contributed by atoms with Gasteiger partial charge in [-0.05, 0) is 72.0 Å². The first-order valence-corrected chi connectivity index (χ1v) is 6.92. The molecule has 0 spiro atoms. The normalized spacial score (nSPS) is 20.2. The molecule has 0 amide bonds. The predicted octanol–water partition coefficient (Wildman–Crippen LogP) is 3.75. The molecule has 2 fully saturated rings. The maximum Gasteiger partial charge on any atom is 0.129 e. The molecule has 3 rings (SSSR count). The Labute approximate surface area is 105 Å². The Hall–Kier alpha value is -0.570. The van der Waals surface area contributed by atoms with Crippen molar-refractivity contribution in [3.05, 3.63) is 22.3 Å². The zero-order valence-electron chi connectivity index (χ0n) is 9.54. The Bertz CT molecular complexity index is 385. The molecule has 2 saturated carbocycles. The Kier molecular flexibility index (Phi) is 2.66. The number of nitrogens with one attached hydrogen (secondary N) is 1. The molecule has 1 heterocycles. The summed E-state index contributed by atoms with van der Waals surface area (Å²) in [5.41, 5.74) is 1.24. The Morgan fingerprint density at radius 2 is 1.94 bits per heavy atom. The van der Waals surface area contributed by atoms with Crippen molar-refractivity contribution in [1.29, 1.82) is 0 Å². The molecule has 0 saturated heterocycles. The number of pyridine rings is 1. The molecule has 16 heavy (non-hydrogen) atoms. The average Bonchev–Trinajstić information content (AvgIpc) is 3.11. The van der Waals surface area contributed by atoms with Crippen LogP contribution in [-0.4, -0.2) is 11.0 Å². The van der Waals surface area contributed by atoms with Crippen molar-refractivity contribution in [2.45, 2.75) is 38.6 Å². The molecule has 0 aromatic carbocycles. The highest BCUT2D eigenvalue weighted by molar-refractivity contribution is 9.10. The third-order valence-corrected chi connectivity index (χ3v) is 4.04. The van der Waals surface area contributed by atoms with Gasteiger partial charge in [0.2, 0.25) is 0 Å². The minimum Gasteiger partial charge on any atom is -0.367 e. The highest BCUT2D eigenvalue weighted by Gasteiger charge is 2.41. The molecule has 0 unspecified atom stereocenters. The third kappa shape index (κ3) is 2.24. The van der Waals surface area contributed by atoms with E-state index in [0.29, 0.717) is 6.04 Å². The number of rotatable bonds is 4. The van der Waals surface area contributed by atoms with Gasteiger partial charge in [-0.1, -0.05) is 0 Å². The zero-order chi connectivity index (χ0) is 11.1. The number of hydrogen-bond acceptors (Lipinski definition) is 2. The number of nitrogens with zero attached hydrogens (tertiary/aromatic N) is 1. The lowest BCUT2D eigenvalue weighted by molar-refractivity contribution is 0.565. The summed E-state index contributed by atoms with van der Waals surface area (Å²) in [5.74, 6) is 2.90. The van der Waals surface area contributed by atoms with Crippen LogP contribution in [0.3, 0.4) is 0 Å². The van der Waals surface area contributed by atoms with Crippen molar-refractivity contribution < 1.29 is 0 Å². The molecule has 0 radical (unpaired) electrons. The van der Waals surface area contributed by atoms with Crippen molar-refractivity contribution in [1.82, 2.24) is 4.98 Å². The van der Waals surface area contributed by atoms with E-state index in [0.717, 1.165) is 22.1 Å². The second kappa shape index (κ2) is 4.02. The van der Waals surface area contributed by atoms with E-state index in [2.05, 4.69) is 39.2 Å². The molecule has 3 heteroatoms. The van der Waals surface area contributed by atoms with Gasteiger partial charge in [-0.15, -0.1) is 0 Å². The summed E-state index contributed by atoms with van der Waals surface area (Å²) < 4.78 is 1.06. The van der Waals surface area contributed by atoms with Gasteiger partial charge in [0.25, 0.3) is 0 Å². The summed E-state index contributed by atoms with van der Waals surface area (Å²) >= 11 is 3.45. The van der Waals surface area contributed by atoms with Gasteiger partial charge in [-0.25, -0.2) is 4.98 Å². The third-order valence-electron chi connectivity index (χ3n) is 3.61. The highest BCUT2D eigenvalue weighted by Crippen LogP contribution is 2.45. The predicted molar refractivity (Wildman–Crippen MR) is 69.5 cm³/mol. The van der Waals surface area contributed by atoms with Crippen molar-refractivity contribution in [2.24, 2.45) is 11.8 Å². The SMILES string of the molecule is Cc1cc(Br)cnc1NC(C1CC1)C1CC1. The lowest BCUT2D eigenvalue weighted by Crippen LogP contribution is -2.25. The summed E-state index contributed by atoms with van der Waals surface area (Å²) in [5, 5.41) is 3.67.